The van der Waals surface area contributed by atoms with Gasteiger partial charge in [0.05, 0.1) is 5.41 Å². The molecule has 4 heteroatoms. The molecule has 1 aromatic rings. The molecule has 0 radical (unpaired) electrons. The Balaban J connectivity index is 2.73. The first kappa shape index (κ1) is 15.0. The van der Waals surface area contributed by atoms with Crippen molar-refractivity contribution >= 4 is 17.5 Å². The predicted octanol–water partition coefficient (Wildman–Crippen LogP) is 2.34. The van der Waals surface area contributed by atoms with E-state index in [-0.39, 0.29) is 11.9 Å². The van der Waals surface area contributed by atoms with Gasteiger partial charge in [-0.3, -0.25) is 4.79 Å². The van der Waals surface area contributed by atoms with E-state index in [0.29, 0.717) is 11.6 Å². The van der Waals surface area contributed by atoms with Crippen molar-refractivity contribution in [2.75, 3.05) is 13.6 Å². The van der Waals surface area contributed by atoms with Crippen LogP contribution in [0.25, 0.3) is 0 Å². The van der Waals surface area contributed by atoms with Gasteiger partial charge in [0, 0.05) is 17.6 Å². The van der Waals surface area contributed by atoms with Crippen LogP contribution in [-0.2, 0) is 10.2 Å². The van der Waals surface area contributed by atoms with E-state index in [1.807, 2.05) is 52.1 Å². The maximum atomic E-state index is 12.2. The minimum absolute atomic E-state index is 0.0203. The van der Waals surface area contributed by atoms with Gasteiger partial charge in [-0.2, -0.15) is 0 Å². The molecule has 1 atom stereocenters. The third-order valence-electron chi connectivity index (χ3n) is 3.20. The average Bonchev–Trinajstić information content (AvgIpc) is 2.35. The molecule has 18 heavy (non-hydrogen) atoms. The number of amides is 1. The lowest BCUT2D eigenvalue weighted by Crippen LogP contribution is -2.45. The maximum absolute atomic E-state index is 12.2. The lowest BCUT2D eigenvalue weighted by Gasteiger charge is -2.25. The topological polar surface area (TPSA) is 41.1 Å². The lowest BCUT2D eigenvalue weighted by atomic mass is 9.83. The number of hydrogen-bond donors (Lipinski definition) is 2. The standard InChI is InChI=1S/C14H21ClN2O/c1-10(16-4)9-17-13(18)14(2,3)11-5-7-12(15)8-6-11/h5-8,10,16H,9H2,1-4H3,(H,17,18). The van der Waals surface area contributed by atoms with Crippen LogP contribution in [0.5, 0.6) is 0 Å². The Hall–Kier alpha value is -1.06. The summed E-state index contributed by atoms with van der Waals surface area (Å²) in [4.78, 5) is 12.2. The summed E-state index contributed by atoms with van der Waals surface area (Å²) in [5, 5.41) is 6.72. The van der Waals surface area contributed by atoms with Crippen LogP contribution < -0.4 is 10.6 Å². The fourth-order valence-electron chi connectivity index (χ4n) is 1.57. The second-order valence-electron chi connectivity index (χ2n) is 5.03. The molecule has 0 aliphatic rings. The highest BCUT2D eigenvalue weighted by atomic mass is 35.5. The molecule has 0 bridgehead atoms. The number of rotatable bonds is 5. The number of nitrogens with one attached hydrogen (secondary N) is 2. The molecule has 2 N–H and O–H groups in total. The molecule has 0 heterocycles. The van der Waals surface area contributed by atoms with Crippen LogP contribution >= 0.6 is 11.6 Å². The third-order valence-corrected chi connectivity index (χ3v) is 3.45. The van der Waals surface area contributed by atoms with Gasteiger partial charge >= 0.3 is 0 Å². The molecule has 0 aliphatic heterocycles. The average molecular weight is 269 g/mol. The Kier molecular flexibility index (Phi) is 5.17. The Labute approximate surface area is 114 Å². The highest BCUT2D eigenvalue weighted by Crippen LogP contribution is 2.24. The van der Waals surface area contributed by atoms with E-state index < -0.39 is 5.41 Å². The second-order valence-corrected chi connectivity index (χ2v) is 5.47. The first-order valence-electron chi connectivity index (χ1n) is 6.09. The zero-order valence-corrected chi connectivity index (χ0v) is 12.1. The minimum Gasteiger partial charge on any atom is -0.354 e. The van der Waals surface area contributed by atoms with E-state index in [1.54, 1.807) is 0 Å². The summed E-state index contributed by atoms with van der Waals surface area (Å²) >= 11 is 5.85. The van der Waals surface area contributed by atoms with Crippen LogP contribution in [-0.4, -0.2) is 25.5 Å². The third kappa shape index (κ3) is 3.72. The molecule has 1 aromatic carbocycles. The van der Waals surface area contributed by atoms with Gasteiger partial charge in [0.15, 0.2) is 0 Å². The van der Waals surface area contributed by atoms with E-state index in [2.05, 4.69) is 10.6 Å². The summed E-state index contributed by atoms with van der Waals surface area (Å²) < 4.78 is 0. The Morgan fingerprint density at radius 3 is 2.39 bits per heavy atom. The number of benzene rings is 1. The summed E-state index contributed by atoms with van der Waals surface area (Å²) in [5.41, 5.74) is 0.402. The summed E-state index contributed by atoms with van der Waals surface area (Å²) in [6.45, 7) is 6.47. The van der Waals surface area contributed by atoms with Crippen LogP contribution in [0.2, 0.25) is 5.02 Å². The van der Waals surface area contributed by atoms with Gasteiger partial charge in [0.2, 0.25) is 5.91 Å². The van der Waals surface area contributed by atoms with Gasteiger partial charge in [0.25, 0.3) is 0 Å². The van der Waals surface area contributed by atoms with Crippen LogP contribution in [0.15, 0.2) is 24.3 Å². The lowest BCUT2D eigenvalue weighted by molar-refractivity contribution is -0.125. The highest BCUT2D eigenvalue weighted by Gasteiger charge is 2.29. The van der Waals surface area contributed by atoms with E-state index in [4.69, 9.17) is 11.6 Å². The normalized spacial score (nSPS) is 13.2. The fraction of sp³-hybridized carbons (Fsp3) is 0.500. The SMILES string of the molecule is CNC(C)CNC(=O)C(C)(C)c1ccc(Cl)cc1. The molecule has 0 aromatic heterocycles. The van der Waals surface area contributed by atoms with Gasteiger partial charge in [-0.25, -0.2) is 0 Å². The van der Waals surface area contributed by atoms with Crippen LogP contribution in [0.4, 0.5) is 0 Å². The molecule has 1 unspecified atom stereocenters. The largest absolute Gasteiger partial charge is 0.354 e. The monoisotopic (exact) mass is 268 g/mol. The van der Waals surface area contributed by atoms with Crippen molar-refractivity contribution in [1.82, 2.24) is 10.6 Å². The number of carbonyl (C=O) groups is 1. The minimum atomic E-state index is -0.557. The van der Waals surface area contributed by atoms with E-state index >= 15 is 0 Å². The van der Waals surface area contributed by atoms with Crippen molar-refractivity contribution in [3.05, 3.63) is 34.9 Å². The van der Waals surface area contributed by atoms with E-state index in [1.165, 1.54) is 0 Å². The molecule has 0 fully saturated rings. The molecular weight excluding hydrogens is 248 g/mol. The zero-order chi connectivity index (χ0) is 13.8. The highest BCUT2D eigenvalue weighted by molar-refractivity contribution is 6.30. The summed E-state index contributed by atoms with van der Waals surface area (Å²) in [6.07, 6.45) is 0. The molecule has 0 aliphatic carbocycles. The van der Waals surface area contributed by atoms with Gasteiger partial charge in [-0.15, -0.1) is 0 Å². The quantitative estimate of drug-likeness (QED) is 0.861. The Morgan fingerprint density at radius 2 is 1.89 bits per heavy atom. The van der Waals surface area contributed by atoms with E-state index in [9.17, 15) is 4.79 Å². The summed E-state index contributed by atoms with van der Waals surface area (Å²) in [7, 11) is 1.88. The summed E-state index contributed by atoms with van der Waals surface area (Å²) in [5.74, 6) is 0.0203. The van der Waals surface area contributed by atoms with Crippen molar-refractivity contribution in [3.63, 3.8) is 0 Å². The molecule has 0 saturated heterocycles. The van der Waals surface area contributed by atoms with Gasteiger partial charge in [-0.1, -0.05) is 23.7 Å². The van der Waals surface area contributed by atoms with Crippen molar-refractivity contribution in [2.45, 2.75) is 32.2 Å². The molecule has 100 valence electrons. The molecular formula is C14H21ClN2O. The number of halogens is 1. The fourth-order valence-corrected chi connectivity index (χ4v) is 1.69. The number of hydrogen-bond acceptors (Lipinski definition) is 2. The predicted molar refractivity (Wildman–Crippen MR) is 76.0 cm³/mol. The summed E-state index contributed by atoms with van der Waals surface area (Å²) in [6, 6.07) is 7.66. The molecule has 0 spiro atoms. The van der Waals surface area contributed by atoms with E-state index in [0.717, 1.165) is 5.56 Å². The van der Waals surface area contributed by atoms with Crippen LogP contribution in [0.3, 0.4) is 0 Å². The number of likely N-dealkylation sites (N-methyl/N-ethyl adjacent to an activating group) is 1. The first-order valence-corrected chi connectivity index (χ1v) is 6.47. The van der Waals surface area contributed by atoms with Crippen molar-refractivity contribution in [2.24, 2.45) is 0 Å². The van der Waals surface area contributed by atoms with Crippen molar-refractivity contribution in [3.8, 4) is 0 Å². The van der Waals surface area contributed by atoms with Gasteiger partial charge < -0.3 is 10.6 Å². The van der Waals surface area contributed by atoms with Crippen molar-refractivity contribution in [1.29, 1.82) is 0 Å². The molecule has 0 saturated carbocycles. The first-order chi connectivity index (χ1) is 8.37. The number of carbonyl (C=O) groups excluding carboxylic acids is 1. The second kappa shape index (κ2) is 6.21. The zero-order valence-electron chi connectivity index (χ0n) is 11.4. The Morgan fingerprint density at radius 1 is 1.33 bits per heavy atom. The molecule has 3 nitrogen and oxygen atoms in total. The molecule has 1 rings (SSSR count). The van der Waals surface area contributed by atoms with Gasteiger partial charge in [0.1, 0.15) is 0 Å². The smallest absolute Gasteiger partial charge is 0.230 e. The van der Waals surface area contributed by atoms with Crippen LogP contribution in [0, 0.1) is 0 Å². The Bertz CT molecular complexity index is 401. The molecule has 1 amide bonds. The van der Waals surface area contributed by atoms with Crippen molar-refractivity contribution < 1.29 is 4.79 Å². The van der Waals surface area contributed by atoms with Crippen LogP contribution in [0.1, 0.15) is 26.3 Å². The maximum Gasteiger partial charge on any atom is 0.230 e. The van der Waals surface area contributed by atoms with Gasteiger partial charge in [-0.05, 0) is 45.5 Å².